The van der Waals surface area contributed by atoms with Crippen molar-refractivity contribution in [2.45, 2.75) is 19.3 Å². The minimum Gasteiger partial charge on any atom is -0.493 e. The number of ether oxygens (including phenoxy) is 2. The van der Waals surface area contributed by atoms with Crippen molar-refractivity contribution >= 4 is 21.4 Å². The van der Waals surface area contributed by atoms with Gasteiger partial charge in [0, 0.05) is 22.6 Å². The summed E-state index contributed by atoms with van der Waals surface area (Å²) in [6, 6.07) is 2.69. The molecule has 0 spiro atoms. The second-order valence-electron chi connectivity index (χ2n) is 4.01. The van der Waals surface area contributed by atoms with E-state index in [4.69, 9.17) is 9.47 Å². The largest absolute Gasteiger partial charge is 0.493 e. The lowest BCUT2D eigenvalue weighted by Crippen LogP contribution is -2.08. The maximum Gasteiger partial charge on any atom is 0.281 e. The van der Waals surface area contributed by atoms with Gasteiger partial charge in [-0.25, -0.2) is 13.2 Å². The van der Waals surface area contributed by atoms with E-state index in [0.717, 1.165) is 11.3 Å². The number of fused-ring (bicyclic) bond motifs is 1. The summed E-state index contributed by atoms with van der Waals surface area (Å²) in [5.41, 5.74) is 0. The molecule has 1 aromatic carbocycles. The molecule has 0 aliphatic rings. The van der Waals surface area contributed by atoms with E-state index in [1.807, 2.05) is 0 Å². The average Bonchev–Trinajstić information content (AvgIpc) is 2.83. The Morgan fingerprint density at radius 1 is 1.21 bits per heavy atom. The molecule has 6 heteroatoms. The standard InChI is InChI=1S/C13H13F3O2S/c1-4-13(15,16)10-5-7-9(19-10)6-8(17-2)12(18-3)11(7)14/h5-6H,4H2,1-3H3. The molecule has 1 heterocycles. The van der Waals surface area contributed by atoms with Gasteiger partial charge in [-0.3, -0.25) is 0 Å². The third-order valence-corrected chi connectivity index (χ3v) is 4.11. The average molecular weight is 290 g/mol. The predicted molar refractivity (Wildman–Crippen MR) is 69.1 cm³/mol. The molecule has 0 amide bonds. The fourth-order valence-corrected chi connectivity index (χ4v) is 2.93. The molecule has 19 heavy (non-hydrogen) atoms. The molecule has 0 saturated heterocycles. The van der Waals surface area contributed by atoms with Crippen LogP contribution in [0.5, 0.6) is 11.5 Å². The molecule has 1 aromatic heterocycles. The summed E-state index contributed by atoms with van der Waals surface area (Å²) >= 11 is 0.866. The highest BCUT2D eigenvalue weighted by atomic mass is 32.1. The van der Waals surface area contributed by atoms with Crippen LogP contribution in [0, 0.1) is 5.82 Å². The fraction of sp³-hybridized carbons (Fsp3) is 0.385. The van der Waals surface area contributed by atoms with Crippen LogP contribution in [0.4, 0.5) is 13.2 Å². The van der Waals surface area contributed by atoms with Crippen LogP contribution < -0.4 is 9.47 Å². The Hall–Kier alpha value is -1.43. The first-order chi connectivity index (χ1) is 8.94. The van der Waals surface area contributed by atoms with Crippen molar-refractivity contribution in [3.63, 3.8) is 0 Å². The fourth-order valence-electron chi connectivity index (χ4n) is 1.80. The van der Waals surface area contributed by atoms with Crippen molar-refractivity contribution in [2.75, 3.05) is 14.2 Å². The maximum atomic E-state index is 14.2. The minimum atomic E-state index is -2.95. The van der Waals surface area contributed by atoms with Crippen LogP contribution in [-0.4, -0.2) is 14.2 Å². The van der Waals surface area contributed by atoms with Crippen molar-refractivity contribution in [3.8, 4) is 11.5 Å². The van der Waals surface area contributed by atoms with Gasteiger partial charge in [0.25, 0.3) is 5.92 Å². The molecule has 0 fully saturated rings. The van der Waals surface area contributed by atoms with E-state index in [1.54, 1.807) is 0 Å². The van der Waals surface area contributed by atoms with Crippen molar-refractivity contribution in [1.82, 2.24) is 0 Å². The lowest BCUT2D eigenvalue weighted by molar-refractivity contribution is -0.00432. The summed E-state index contributed by atoms with van der Waals surface area (Å²) in [5.74, 6) is -3.50. The molecular weight excluding hydrogens is 277 g/mol. The first-order valence-electron chi connectivity index (χ1n) is 5.67. The van der Waals surface area contributed by atoms with Crippen LogP contribution in [0.3, 0.4) is 0 Å². The zero-order valence-corrected chi connectivity index (χ0v) is 11.5. The van der Waals surface area contributed by atoms with Gasteiger partial charge in [-0.2, -0.15) is 0 Å². The summed E-state index contributed by atoms with van der Waals surface area (Å²) in [4.78, 5) is -0.154. The molecule has 0 aliphatic carbocycles. The first kappa shape index (κ1) is 14.0. The van der Waals surface area contributed by atoms with Crippen molar-refractivity contribution in [2.24, 2.45) is 0 Å². The van der Waals surface area contributed by atoms with Gasteiger partial charge in [-0.05, 0) is 6.07 Å². The van der Waals surface area contributed by atoms with Gasteiger partial charge in [0.15, 0.2) is 17.3 Å². The Kier molecular flexibility index (Phi) is 3.62. The third kappa shape index (κ3) is 2.25. The molecule has 2 nitrogen and oxygen atoms in total. The van der Waals surface area contributed by atoms with E-state index in [2.05, 4.69) is 0 Å². The Morgan fingerprint density at radius 3 is 2.42 bits per heavy atom. The second kappa shape index (κ2) is 4.92. The number of rotatable bonds is 4. The van der Waals surface area contributed by atoms with Crippen LogP contribution >= 0.6 is 11.3 Å². The number of thiophene rings is 1. The molecule has 0 radical (unpaired) electrons. The highest BCUT2D eigenvalue weighted by molar-refractivity contribution is 7.19. The van der Waals surface area contributed by atoms with E-state index in [-0.39, 0.29) is 28.2 Å². The smallest absolute Gasteiger partial charge is 0.281 e. The van der Waals surface area contributed by atoms with Crippen molar-refractivity contribution in [3.05, 3.63) is 22.8 Å². The molecule has 2 aromatic rings. The normalized spacial score (nSPS) is 11.9. The molecule has 104 valence electrons. The maximum absolute atomic E-state index is 14.2. The van der Waals surface area contributed by atoms with Gasteiger partial charge in [-0.1, -0.05) is 6.92 Å². The highest BCUT2D eigenvalue weighted by Crippen LogP contribution is 2.44. The number of benzene rings is 1. The molecule has 0 unspecified atom stereocenters. The summed E-state index contributed by atoms with van der Waals surface area (Å²) in [7, 11) is 2.68. The van der Waals surface area contributed by atoms with Gasteiger partial charge >= 0.3 is 0 Å². The summed E-state index contributed by atoms with van der Waals surface area (Å²) < 4.78 is 51.8. The molecule has 0 N–H and O–H groups in total. The number of methoxy groups -OCH3 is 2. The van der Waals surface area contributed by atoms with Gasteiger partial charge in [0.1, 0.15) is 0 Å². The third-order valence-electron chi connectivity index (χ3n) is 2.91. The topological polar surface area (TPSA) is 18.5 Å². The summed E-state index contributed by atoms with van der Waals surface area (Å²) in [6.45, 7) is 1.39. The summed E-state index contributed by atoms with van der Waals surface area (Å²) in [5, 5.41) is 0.130. The number of alkyl halides is 2. The Bertz CT molecular complexity index is 607. The summed E-state index contributed by atoms with van der Waals surface area (Å²) in [6.07, 6.45) is -0.324. The zero-order valence-electron chi connectivity index (χ0n) is 10.7. The van der Waals surface area contributed by atoms with Crippen LogP contribution in [0.15, 0.2) is 12.1 Å². The van der Waals surface area contributed by atoms with Crippen molar-refractivity contribution < 1.29 is 22.6 Å². The first-order valence-corrected chi connectivity index (χ1v) is 6.48. The van der Waals surface area contributed by atoms with Gasteiger partial charge in [0.2, 0.25) is 0 Å². The Balaban J connectivity index is 2.70. The van der Waals surface area contributed by atoms with Gasteiger partial charge in [0.05, 0.1) is 19.1 Å². The van der Waals surface area contributed by atoms with Crippen molar-refractivity contribution in [1.29, 1.82) is 0 Å². The van der Waals surface area contributed by atoms with Crippen LogP contribution in [0.1, 0.15) is 18.2 Å². The molecular formula is C13H13F3O2S. The Labute approximate surface area is 112 Å². The van der Waals surface area contributed by atoms with E-state index in [1.165, 1.54) is 33.3 Å². The van der Waals surface area contributed by atoms with Crippen LogP contribution in [-0.2, 0) is 5.92 Å². The van der Waals surface area contributed by atoms with Gasteiger partial charge in [-0.15, -0.1) is 11.3 Å². The van der Waals surface area contributed by atoms with E-state index in [0.29, 0.717) is 4.70 Å². The highest BCUT2D eigenvalue weighted by Gasteiger charge is 2.32. The minimum absolute atomic E-state index is 0.0702. The molecule has 0 aliphatic heterocycles. The number of hydrogen-bond acceptors (Lipinski definition) is 3. The van der Waals surface area contributed by atoms with Crippen LogP contribution in [0.25, 0.3) is 10.1 Å². The molecule has 0 bridgehead atoms. The zero-order chi connectivity index (χ0) is 14.2. The van der Waals surface area contributed by atoms with E-state index < -0.39 is 11.7 Å². The quantitative estimate of drug-likeness (QED) is 0.822. The number of halogens is 3. The van der Waals surface area contributed by atoms with Gasteiger partial charge < -0.3 is 9.47 Å². The van der Waals surface area contributed by atoms with E-state index in [9.17, 15) is 13.2 Å². The number of hydrogen-bond donors (Lipinski definition) is 0. The van der Waals surface area contributed by atoms with Crippen LogP contribution in [0.2, 0.25) is 0 Å². The predicted octanol–water partition coefficient (Wildman–Crippen LogP) is 4.56. The molecule has 2 rings (SSSR count). The second-order valence-corrected chi connectivity index (χ2v) is 5.09. The van der Waals surface area contributed by atoms with E-state index >= 15 is 0 Å². The lowest BCUT2D eigenvalue weighted by atomic mass is 10.1. The Morgan fingerprint density at radius 2 is 1.89 bits per heavy atom. The lowest BCUT2D eigenvalue weighted by Gasteiger charge is -2.10. The molecule has 0 saturated carbocycles. The monoisotopic (exact) mass is 290 g/mol. The molecule has 0 atom stereocenters. The SMILES string of the molecule is CCC(F)(F)c1cc2c(F)c(OC)c(OC)cc2s1.